The summed E-state index contributed by atoms with van der Waals surface area (Å²) in [6.07, 6.45) is 1.50. The number of hydrogen-bond donors (Lipinski definition) is 2. The average molecular weight is 408 g/mol. The number of nitrogens with one attached hydrogen (secondary N) is 2. The molecular weight excluding hydrogens is 385 g/mol. The third-order valence-corrected chi connectivity index (χ3v) is 5.71. The minimum atomic E-state index is -4.84. The zero-order chi connectivity index (χ0) is 19.9. The lowest BCUT2D eigenvalue weighted by Gasteiger charge is -2.16. The Morgan fingerprint density at radius 3 is 2.22 bits per heavy atom. The quantitative estimate of drug-likeness (QED) is 0.679. The lowest BCUT2D eigenvalue weighted by atomic mass is 10.1. The third-order valence-electron chi connectivity index (χ3n) is 4.23. The Bertz CT molecular complexity index is 713. The number of hydrogen-bond acceptors (Lipinski definition) is 4. The number of amides is 1. The molecule has 1 saturated carbocycles. The molecule has 1 aromatic rings. The summed E-state index contributed by atoms with van der Waals surface area (Å²) in [7, 11) is -3.92. The Labute approximate surface area is 156 Å². The lowest BCUT2D eigenvalue weighted by molar-refractivity contribution is -0.274. The molecule has 0 bridgehead atoms. The zero-order valence-corrected chi connectivity index (χ0v) is 15.5. The van der Waals surface area contributed by atoms with E-state index in [1.165, 1.54) is 12.8 Å². The molecule has 1 aliphatic carbocycles. The van der Waals surface area contributed by atoms with Gasteiger partial charge in [0, 0.05) is 19.0 Å². The van der Waals surface area contributed by atoms with E-state index in [1.54, 1.807) is 0 Å². The molecule has 0 heterocycles. The van der Waals surface area contributed by atoms with Crippen molar-refractivity contribution < 1.29 is 31.1 Å². The molecule has 1 fully saturated rings. The van der Waals surface area contributed by atoms with E-state index in [2.05, 4.69) is 14.8 Å². The molecule has 0 aliphatic heterocycles. The van der Waals surface area contributed by atoms with Crippen LogP contribution < -0.4 is 14.8 Å². The normalized spacial score (nSPS) is 16.6. The van der Waals surface area contributed by atoms with E-state index in [4.69, 9.17) is 0 Å². The highest BCUT2D eigenvalue weighted by molar-refractivity contribution is 7.89. The molecule has 152 valence electrons. The van der Waals surface area contributed by atoms with Gasteiger partial charge in [0.1, 0.15) is 5.75 Å². The van der Waals surface area contributed by atoms with Crippen LogP contribution >= 0.6 is 0 Å². The second-order valence-electron chi connectivity index (χ2n) is 6.42. The van der Waals surface area contributed by atoms with Crippen molar-refractivity contribution in [1.82, 2.24) is 10.0 Å². The molecule has 0 spiro atoms. The molecule has 0 radical (unpaired) electrons. The Morgan fingerprint density at radius 2 is 1.67 bits per heavy atom. The van der Waals surface area contributed by atoms with Crippen molar-refractivity contribution in [2.75, 3.05) is 6.54 Å². The van der Waals surface area contributed by atoms with Crippen LogP contribution in [0, 0.1) is 0 Å². The van der Waals surface area contributed by atoms with E-state index in [0.717, 1.165) is 49.9 Å². The summed E-state index contributed by atoms with van der Waals surface area (Å²) in [6, 6.07) is 3.99. The average Bonchev–Trinajstić information content (AvgIpc) is 2.82. The van der Waals surface area contributed by atoms with Gasteiger partial charge in [-0.25, -0.2) is 13.1 Å². The molecular formula is C17H23F3N2O4S. The summed E-state index contributed by atoms with van der Waals surface area (Å²) in [5, 5.41) is 2.92. The van der Waals surface area contributed by atoms with Gasteiger partial charge in [-0.15, -0.1) is 13.2 Å². The van der Waals surface area contributed by atoms with E-state index in [9.17, 15) is 26.4 Å². The second-order valence-corrected chi connectivity index (χ2v) is 8.19. The monoisotopic (exact) mass is 408 g/mol. The van der Waals surface area contributed by atoms with Crippen LogP contribution in [0.4, 0.5) is 13.2 Å². The van der Waals surface area contributed by atoms with Gasteiger partial charge in [-0.3, -0.25) is 4.79 Å². The van der Waals surface area contributed by atoms with Gasteiger partial charge in [0.15, 0.2) is 0 Å². The number of rotatable bonds is 7. The number of carbonyl (C=O) groups is 1. The van der Waals surface area contributed by atoms with Crippen molar-refractivity contribution in [3.8, 4) is 5.75 Å². The van der Waals surface area contributed by atoms with Gasteiger partial charge in [0.2, 0.25) is 15.9 Å². The zero-order valence-electron chi connectivity index (χ0n) is 14.7. The van der Waals surface area contributed by atoms with Gasteiger partial charge < -0.3 is 10.1 Å². The minimum absolute atomic E-state index is 0.00893. The Kier molecular flexibility index (Phi) is 7.49. The van der Waals surface area contributed by atoms with E-state index < -0.39 is 22.1 Å². The summed E-state index contributed by atoms with van der Waals surface area (Å²) >= 11 is 0. The van der Waals surface area contributed by atoms with Gasteiger partial charge in [0.05, 0.1) is 4.90 Å². The Hall–Kier alpha value is -1.81. The van der Waals surface area contributed by atoms with Crippen molar-refractivity contribution in [3.05, 3.63) is 24.3 Å². The third kappa shape index (κ3) is 7.76. The number of benzene rings is 1. The summed E-state index contributed by atoms with van der Waals surface area (Å²) < 4.78 is 66.6. The SMILES string of the molecule is O=C(CCNS(=O)(=O)c1ccc(OC(F)(F)F)cc1)NC1CCCCCC1. The van der Waals surface area contributed by atoms with Crippen LogP contribution in [0.3, 0.4) is 0 Å². The topological polar surface area (TPSA) is 84.5 Å². The smallest absolute Gasteiger partial charge is 0.406 e. The molecule has 0 atom stereocenters. The highest BCUT2D eigenvalue weighted by Gasteiger charge is 2.31. The summed E-state index contributed by atoms with van der Waals surface area (Å²) in [5.41, 5.74) is 0. The Morgan fingerprint density at radius 1 is 1.07 bits per heavy atom. The lowest BCUT2D eigenvalue weighted by Crippen LogP contribution is -2.36. The molecule has 0 aromatic heterocycles. The van der Waals surface area contributed by atoms with Crippen molar-refractivity contribution in [2.45, 2.75) is 62.2 Å². The van der Waals surface area contributed by atoms with Gasteiger partial charge >= 0.3 is 6.36 Å². The fourth-order valence-electron chi connectivity index (χ4n) is 2.93. The fraction of sp³-hybridized carbons (Fsp3) is 0.588. The predicted octanol–water partition coefficient (Wildman–Crippen LogP) is 3.09. The first kappa shape index (κ1) is 21.5. The maximum absolute atomic E-state index is 12.1. The number of sulfonamides is 1. The molecule has 27 heavy (non-hydrogen) atoms. The maximum Gasteiger partial charge on any atom is 0.573 e. The van der Waals surface area contributed by atoms with Crippen molar-refractivity contribution >= 4 is 15.9 Å². The fourth-order valence-corrected chi connectivity index (χ4v) is 3.96. The van der Waals surface area contributed by atoms with Crippen LogP contribution in [-0.4, -0.2) is 33.3 Å². The molecule has 6 nitrogen and oxygen atoms in total. The van der Waals surface area contributed by atoms with E-state index >= 15 is 0 Å². The van der Waals surface area contributed by atoms with Crippen molar-refractivity contribution in [1.29, 1.82) is 0 Å². The van der Waals surface area contributed by atoms with Crippen LogP contribution in [0.25, 0.3) is 0 Å². The second kappa shape index (κ2) is 9.41. The summed E-state index contributed by atoms with van der Waals surface area (Å²) in [4.78, 5) is 11.7. The number of ether oxygens (including phenoxy) is 1. The number of halogens is 3. The minimum Gasteiger partial charge on any atom is -0.406 e. The first-order chi connectivity index (χ1) is 12.7. The molecule has 1 amide bonds. The van der Waals surface area contributed by atoms with E-state index in [-0.39, 0.29) is 29.8 Å². The van der Waals surface area contributed by atoms with Gasteiger partial charge in [-0.1, -0.05) is 25.7 Å². The van der Waals surface area contributed by atoms with Crippen LogP contribution in [0.5, 0.6) is 5.75 Å². The summed E-state index contributed by atoms with van der Waals surface area (Å²) in [6.45, 7) is -0.0955. The van der Waals surface area contributed by atoms with Crippen LogP contribution in [0.1, 0.15) is 44.9 Å². The predicted molar refractivity (Wildman–Crippen MR) is 92.6 cm³/mol. The molecule has 1 aromatic carbocycles. The molecule has 0 unspecified atom stereocenters. The van der Waals surface area contributed by atoms with Crippen molar-refractivity contribution in [3.63, 3.8) is 0 Å². The molecule has 2 rings (SSSR count). The Balaban J connectivity index is 1.80. The number of alkyl halides is 3. The molecule has 10 heteroatoms. The van der Waals surface area contributed by atoms with Crippen molar-refractivity contribution in [2.24, 2.45) is 0 Å². The van der Waals surface area contributed by atoms with E-state index in [0.29, 0.717) is 0 Å². The first-order valence-electron chi connectivity index (χ1n) is 8.80. The van der Waals surface area contributed by atoms with Crippen LogP contribution in [-0.2, 0) is 14.8 Å². The highest BCUT2D eigenvalue weighted by atomic mass is 32.2. The number of carbonyl (C=O) groups excluding carboxylic acids is 1. The first-order valence-corrected chi connectivity index (χ1v) is 10.3. The molecule has 0 saturated heterocycles. The molecule has 2 N–H and O–H groups in total. The van der Waals surface area contributed by atoms with Gasteiger partial charge in [0.25, 0.3) is 0 Å². The highest BCUT2D eigenvalue weighted by Crippen LogP contribution is 2.23. The van der Waals surface area contributed by atoms with Gasteiger partial charge in [-0.05, 0) is 37.1 Å². The summed E-state index contributed by atoms with van der Waals surface area (Å²) in [5.74, 6) is -0.734. The molecule has 1 aliphatic rings. The standard InChI is InChI=1S/C17H23F3N2O4S/c18-17(19,20)26-14-7-9-15(10-8-14)27(24,25)21-12-11-16(23)22-13-5-3-1-2-4-6-13/h7-10,13,21H,1-6,11-12H2,(H,22,23). The largest absolute Gasteiger partial charge is 0.573 e. The van der Waals surface area contributed by atoms with E-state index in [1.807, 2.05) is 0 Å². The van der Waals surface area contributed by atoms with Crippen LogP contribution in [0.15, 0.2) is 29.2 Å². The maximum atomic E-state index is 12.1. The van der Waals surface area contributed by atoms with Crippen LogP contribution in [0.2, 0.25) is 0 Å². The van der Waals surface area contributed by atoms with Gasteiger partial charge in [-0.2, -0.15) is 0 Å².